The van der Waals surface area contributed by atoms with Crippen LogP contribution in [-0.4, -0.2) is 48.6 Å². The topological polar surface area (TPSA) is 69.6 Å². The number of nitrogens with one attached hydrogen (secondary N) is 1. The summed E-state index contributed by atoms with van der Waals surface area (Å²) in [7, 11) is 2.01. The quantitative estimate of drug-likeness (QED) is 0.701. The van der Waals surface area contributed by atoms with Gasteiger partial charge in [0.15, 0.2) is 0 Å². The van der Waals surface area contributed by atoms with E-state index in [2.05, 4.69) is 17.1 Å². The van der Waals surface area contributed by atoms with Crippen molar-refractivity contribution in [3.8, 4) is 0 Å². The van der Waals surface area contributed by atoms with Crippen LogP contribution in [0.1, 0.15) is 45.4 Å². The molecule has 0 radical (unpaired) electrons. The third kappa shape index (κ3) is 5.59. The lowest BCUT2D eigenvalue weighted by atomic mass is 9.79. The van der Waals surface area contributed by atoms with Gasteiger partial charge in [-0.15, -0.1) is 0 Å². The van der Waals surface area contributed by atoms with Gasteiger partial charge in [-0.3, -0.25) is 9.59 Å². The maximum absolute atomic E-state index is 11.9. The van der Waals surface area contributed by atoms with Crippen LogP contribution >= 0.6 is 0 Å². The lowest BCUT2D eigenvalue weighted by molar-refractivity contribution is -0.140. The largest absolute Gasteiger partial charge is 0.481 e. The maximum atomic E-state index is 11.9. The molecule has 1 saturated carbocycles. The van der Waals surface area contributed by atoms with Crippen molar-refractivity contribution in [3.63, 3.8) is 0 Å². The molecule has 0 aromatic heterocycles. The molecule has 0 bridgehead atoms. The molecule has 0 aromatic carbocycles. The van der Waals surface area contributed by atoms with E-state index in [1.54, 1.807) is 0 Å². The molecule has 5 heteroatoms. The van der Waals surface area contributed by atoms with Crippen molar-refractivity contribution in [1.82, 2.24) is 10.2 Å². The number of nitrogens with zero attached hydrogens (tertiary/aromatic N) is 1. The van der Waals surface area contributed by atoms with Gasteiger partial charge in [0.05, 0.1) is 6.42 Å². The number of likely N-dealkylation sites (N-methyl/N-ethyl adjacent to an activating group) is 1. The van der Waals surface area contributed by atoms with E-state index < -0.39 is 5.97 Å². The summed E-state index contributed by atoms with van der Waals surface area (Å²) in [5, 5.41) is 11.9. The summed E-state index contributed by atoms with van der Waals surface area (Å²) >= 11 is 0. The zero-order valence-electron chi connectivity index (χ0n) is 12.1. The Morgan fingerprint density at radius 3 is 2.42 bits per heavy atom. The Balaban J connectivity index is 2.37. The van der Waals surface area contributed by atoms with Crippen molar-refractivity contribution < 1.29 is 14.7 Å². The van der Waals surface area contributed by atoms with Crippen molar-refractivity contribution in [3.05, 3.63) is 0 Å². The number of hydrogen-bond acceptors (Lipinski definition) is 3. The zero-order valence-corrected chi connectivity index (χ0v) is 12.1. The van der Waals surface area contributed by atoms with Crippen LogP contribution < -0.4 is 5.32 Å². The molecule has 0 spiro atoms. The Hall–Kier alpha value is -1.10. The van der Waals surface area contributed by atoms with Crippen LogP contribution in [0, 0.1) is 5.41 Å². The average molecular weight is 270 g/mol. The number of carbonyl (C=O) groups is 2. The van der Waals surface area contributed by atoms with E-state index in [-0.39, 0.29) is 17.7 Å². The van der Waals surface area contributed by atoms with E-state index in [1.165, 1.54) is 0 Å². The van der Waals surface area contributed by atoms with Crippen molar-refractivity contribution in [1.29, 1.82) is 0 Å². The number of aliphatic carboxylic acids is 1. The van der Waals surface area contributed by atoms with Gasteiger partial charge in [0, 0.05) is 19.5 Å². The van der Waals surface area contributed by atoms with Gasteiger partial charge in [-0.05, 0) is 31.8 Å². The molecular weight excluding hydrogens is 244 g/mol. The summed E-state index contributed by atoms with van der Waals surface area (Å²) in [6.45, 7) is 4.49. The minimum absolute atomic E-state index is 0.00680. The zero-order chi connectivity index (χ0) is 14.3. The normalized spacial score (nSPS) is 17.6. The lowest BCUT2D eigenvalue weighted by Gasteiger charge is -2.26. The number of hydrogen-bond donors (Lipinski definition) is 2. The molecule has 2 N–H and O–H groups in total. The SMILES string of the molecule is CCN(C)CCNC(=O)CC1(CC(=O)O)CCCC1. The summed E-state index contributed by atoms with van der Waals surface area (Å²) in [5.74, 6) is -0.798. The number of carboxylic acids is 1. The molecule has 5 nitrogen and oxygen atoms in total. The Morgan fingerprint density at radius 1 is 1.26 bits per heavy atom. The van der Waals surface area contributed by atoms with Gasteiger partial charge < -0.3 is 15.3 Å². The molecule has 0 aromatic rings. The smallest absolute Gasteiger partial charge is 0.303 e. The first-order valence-corrected chi connectivity index (χ1v) is 7.14. The molecule has 0 atom stereocenters. The van der Waals surface area contributed by atoms with Gasteiger partial charge in [-0.2, -0.15) is 0 Å². The van der Waals surface area contributed by atoms with E-state index in [4.69, 9.17) is 5.11 Å². The maximum Gasteiger partial charge on any atom is 0.303 e. The average Bonchev–Trinajstić information content (AvgIpc) is 2.75. The van der Waals surface area contributed by atoms with Gasteiger partial charge >= 0.3 is 5.97 Å². The fourth-order valence-corrected chi connectivity index (χ4v) is 2.81. The van der Waals surface area contributed by atoms with Crippen molar-refractivity contribution in [2.24, 2.45) is 5.41 Å². The first kappa shape index (κ1) is 16.0. The third-order valence-electron chi connectivity index (χ3n) is 4.08. The monoisotopic (exact) mass is 270 g/mol. The highest BCUT2D eigenvalue weighted by Gasteiger charge is 2.37. The Kier molecular flexibility index (Phi) is 6.28. The van der Waals surface area contributed by atoms with E-state index in [1.807, 2.05) is 7.05 Å². The number of carbonyl (C=O) groups excluding carboxylic acids is 1. The Labute approximate surface area is 115 Å². The molecule has 1 aliphatic rings. The van der Waals surface area contributed by atoms with E-state index in [0.717, 1.165) is 38.8 Å². The van der Waals surface area contributed by atoms with E-state index >= 15 is 0 Å². The minimum Gasteiger partial charge on any atom is -0.481 e. The van der Waals surface area contributed by atoms with Crippen molar-refractivity contribution in [2.45, 2.75) is 45.4 Å². The van der Waals surface area contributed by atoms with Crippen LogP contribution in [0.2, 0.25) is 0 Å². The minimum atomic E-state index is -0.791. The summed E-state index contributed by atoms with van der Waals surface area (Å²) in [4.78, 5) is 25.0. The molecule has 1 fully saturated rings. The highest BCUT2D eigenvalue weighted by molar-refractivity contribution is 5.78. The summed E-state index contributed by atoms with van der Waals surface area (Å²) in [5.41, 5.74) is -0.299. The summed E-state index contributed by atoms with van der Waals surface area (Å²) in [6.07, 6.45) is 4.28. The molecule has 0 unspecified atom stereocenters. The van der Waals surface area contributed by atoms with Gasteiger partial charge in [-0.25, -0.2) is 0 Å². The highest BCUT2D eigenvalue weighted by Crippen LogP contribution is 2.43. The van der Waals surface area contributed by atoms with Crippen molar-refractivity contribution >= 4 is 11.9 Å². The summed E-state index contributed by atoms with van der Waals surface area (Å²) < 4.78 is 0. The molecule has 0 saturated heterocycles. The van der Waals surface area contributed by atoms with Crippen LogP contribution in [0.5, 0.6) is 0 Å². The van der Waals surface area contributed by atoms with E-state index in [0.29, 0.717) is 13.0 Å². The summed E-state index contributed by atoms with van der Waals surface area (Å²) in [6, 6.07) is 0. The molecule has 110 valence electrons. The molecule has 0 aliphatic heterocycles. The number of amides is 1. The number of rotatable bonds is 8. The molecule has 1 aliphatic carbocycles. The molecule has 1 rings (SSSR count). The van der Waals surface area contributed by atoms with Gasteiger partial charge in [0.2, 0.25) is 5.91 Å². The number of carboxylic acid groups (broad SMARTS) is 1. The van der Waals surface area contributed by atoms with Gasteiger partial charge in [-0.1, -0.05) is 19.8 Å². The Morgan fingerprint density at radius 2 is 1.89 bits per heavy atom. The van der Waals surface area contributed by atoms with Crippen LogP contribution in [-0.2, 0) is 9.59 Å². The third-order valence-corrected chi connectivity index (χ3v) is 4.08. The van der Waals surface area contributed by atoms with Crippen LogP contribution in [0.4, 0.5) is 0 Å². The highest BCUT2D eigenvalue weighted by atomic mass is 16.4. The first-order chi connectivity index (χ1) is 8.97. The van der Waals surface area contributed by atoms with Crippen molar-refractivity contribution in [2.75, 3.05) is 26.7 Å². The molecule has 0 heterocycles. The fraction of sp³-hybridized carbons (Fsp3) is 0.857. The molecular formula is C14H26N2O3. The predicted molar refractivity (Wildman–Crippen MR) is 74.0 cm³/mol. The first-order valence-electron chi connectivity index (χ1n) is 7.14. The second-order valence-electron chi connectivity index (χ2n) is 5.70. The second kappa shape index (κ2) is 7.48. The Bertz CT molecular complexity index is 312. The predicted octanol–water partition coefficient (Wildman–Crippen LogP) is 1.48. The van der Waals surface area contributed by atoms with Crippen LogP contribution in [0.15, 0.2) is 0 Å². The lowest BCUT2D eigenvalue weighted by Crippen LogP contribution is -2.36. The molecule has 19 heavy (non-hydrogen) atoms. The van der Waals surface area contributed by atoms with Crippen LogP contribution in [0.3, 0.4) is 0 Å². The van der Waals surface area contributed by atoms with Crippen LogP contribution in [0.25, 0.3) is 0 Å². The fourth-order valence-electron chi connectivity index (χ4n) is 2.81. The van der Waals surface area contributed by atoms with Gasteiger partial charge in [0.1, 0.15) is 0 Å². The van der Waals surface area contributed by atoms with E-state index in [9.17, 15) is 9.59 Å². The second-order valence-corrected chi connectivity index (χ2v) is 5.70. The van der Waals surface area contributed by atoms with Gasteiger partial charge in [0.25, 0.3) is 0 Å². The standard InChI is InChI=1S/C14H26N2O3/c1-3-16(2)9-8-15-12(17)10-14(11-13(18)19)6-4-5-7-14/h3-11H2,1-2H3,(H,15,17)(H,18,19). The molecule has 1 amide bonds.